The van der Waals surface area contributed by atoms with E-state index in [-0.39, 0.29) is 24.4 Å². The number of halogens is 1. The van der Waals surface area contributed by atoms with Gasteiger partial charge in [-0.1, -0.05) is 23.8 Å². The molecule has 25 heavy (non-hydrogen) atoms. The van der Waals surface area contributed by atoms with Gasteiger partial charge in [-0.05, 0) is 68.0 Å². The lowest BCUT2D eigenvalue weighted by Gasteiger charge is -2.26. The van der Waals surface area contributed by atoms with Gasteiger partial charge >= 0.3 is 0 Å². The molecule has 0 heterocycles. The van der Waals surface area contributed by atoms with Crippen molar-refractivity contribution >= 4 is 35.8 Å². The summed E-state index contributed by atoms with van der Waals surface area (Å²) in [7, 11) is 0. The van der Waals surface area contributed by atoms with E-state index in [1.54, 1.807) is 11.8 Å². The third-order valence-corrected chi connectivity index (χ3v) is 5.68. The molecular weight excluding hydrogens is 352 g/mol. The van der Waals surface area contributed by atoms with E-state index in [0.717, 1.165) is 24.9 Å². The number of rotatable bonds is 4. The molecule has 0 aliphatic heterocycles. The summed E-state index contributed by atoms with van der Waals surface area (Å²) in [4.78, 5) is 13.6. The molecule has 0 spiro atoms. The Morgan fingerprint density at radius 1 is 1.24 bits per heavy atom. The molecule has 2 aromatic rings. The number of hydrogen-bond acceptors (Lipinski definition) is 3. The van der Waals surface area contributed by atoms with Crippen molar-refractivity contribution in [1.29, 1.82) is 0 Å². The Morgan fingerprint density at radius 3 is 2.84 bits per heavy atom. The maximum Gasteiger partial charge on any atom is 0.230 e. The molecule has 1 aliphatic carbocycles. The molecule has 1 atom stereocenters. The van der Waals surface area contributed by atoms with E-state index in [0.29, 0.717) is 5.75 Å². The summed E-state index contributed by atoms with van der Waals surface area (Å²) in [6.07, 6.45) is 3.13. The molecule has 0 bridgehead atoms. The fraction of sp³-hybridized carbons (Fsp3) is 0.350. The van der Waals surface area contributed by atoms with Crippen molar-refractivity contribution in [3.8, 4) is 0 Å². The number of nitrogens with two attached hydrogens (primary N) is 1. The Hall–Kier alpha value is -1.65. The van der Waals surface area contributed by atoms with Crippen molar-refractivity contribution in [2.75, 3.05) is 11.5 Å². The second-order valence-electron chi connectivity index (χ2n) is 6.53. The zero-order valence-electron chi connectivity index (χ0n) is 14.7. The van der Waals surface area contributed by atoms with Gasteiger partial charge in [0.1, 0.15) is 0 Å². The predicted molar refractivity (Wildman–Crippen MR) is 109 cm³/mol. The molecule has 134 valence electrons. The molecule has 0 aromatic heterocycles. The lowest BCUT2D eigenvalue weighted by Crippen LogP contribution is -2.32. The number of carbonyl (C=O) groups excluding carboxylic acids is 1. The molecule has 5 heteroatoms. The van der Waals surface area contributed by atoms with Crippen LogP contribution >= 0.6 is 24.2 Å². The van der Waals surface area contributed by atoms with Crippen LogP contribution in [0.2, 0.25) is 0 Å². The van der Waals surface area contributed by atoms with Gasteiger partial charge < -0.3 is 11.1 Å². The van der Waals surface area contributed by atoms with Gasteiger partial charge in [0.05, 0.1) is 11.8 Å². The van der Waals surface area contributed by atoms with Crippen molar-refractivity contribution in [3.63, 3.8) is 0 Å². The van der Waals surface area contributed by atoms with Crippen LogP contribution in [0.25, 0.3) is 0 Å². The first-order chi connectivity index (χ1) is 11.5. The normalized spacial score (nSPS) is 15.8. The first kappa shape index (κ1) is 19.7. The quantitative estimate of drug-likeness (QED) is 0.606. The van der Waals surface area contributed by atoms with Crippen molar-refractivity contribution in [2.45, 2.75) is 44.0 Å². The zero-order chi connectivity index (χ0) is 17.1. The molecule has 0 fully saturated rings. The number of benzene rings is 2. The highest BCUT2D eigenvalue weighted by Crippen LogP contribution is 2.31. The van der Waals surface area contributed by atoms with Gasteiger partial charge in [0.2, 0.25) is 5.91 Å². The monoisotopic (exact) mass is 376 g/mol. The Kier molecular flexibility index (Phi) is 6.79. The van der Waals surface area contributed by atoms with E-state index >= 15 is 0 Å². The third-order valence-electron chi connectivity index (χ3n) is 4.52. The Balaban J connectivity index is 0.00000225. The maximum absolute atomic E-state index is 12.4. The van der Waals surface area contributed by atoms with Crippen molar-refractivity contribution < 1.29 is 4.79 Å². The molecule has 1 aliphatic rings. The number of fused-ring (bicyclic) bond motifs is 1. The van der Waals surface area contributed by atoms with Crippen LogP contribution in [0.15, 0.2) is 41.3 Å². The van der Waals surface area contributed by atoms with E-state index in [2.05, 4.69) is 43.4 Å². The number of anilines is 1. The summed E-state index contributed by atoms with van der Waals surface area (Å²) in [6, 6.07) is 12.5. The first-order valence-electron chi connectivity index (χ1n) is 8.40. The van der Waals surface area contributed by atoms with E-state index in [1.165, 1.54) is 27.1 Å². The van der Waals surface area contributed by atoms with Crippen LogP contribution in [0, 0.1) is 13.8 Å². The molecular formula is C20H25ClN2OS. The number of aryl methyl sites for hydroxylation is 3. The SMILES string of the molecule is Cc1ccc(C)c(SCC(=O)NC2CCCc3cc(N)ccc32)c1.Cl. The Bertz CT molecular complexity index is 763. The predicted octanol–water partition coefficient (Wildman–Crippen LogP) is 4.59. The Labute approximate surface area is 160 Å². The summed E-state index contributed by atoms with van der Waals surface area (Å²) in [5.74, 6) is 0.543. The van der Waals surface area contributed by atoms with Gasteiger partial charge in [-0.2, -0.15) is 0 Å². The number of nitrogens with one attached hydrogen (secondary N) is 1. The molecule has 2 aromatic carbocycles. The van der Waals surface area contributed by atoms with Gasteiger partial charge in [-0.3, -0.25) is 4.79 Å². The van der Waals surface area contributed by atoms with Crippen LogP contribution in [-0.4, -0.2) is 11.7 Å². The second-order valence-corrected chi connectivity index (χ2v) is 7.55. The standard InChI is InChI=1S/C20H24N2OS.ClH/c1-13-6-7-14(2)19(10-13)24-12-20(23)22-18-5-3-4-15-11-16(21)8-9-17(15)18;/h6-11,18H,3-5,12,21H2,1-2H3,(H,22,23);1H. The first-order valence-corrected chi connectivity index (χ1v) is 9.39. The highest BCUT2D eigenvalue weighted by atomic mass is 35.5. The molecule has 0 saturated heterocycles. The second kappa shape index (κ2) is 8.63. The number of nitrogen functional groups attached to an aromatic ring is 1. The molecule has 1 unspecified atom stereocenters. The molecule has 3 nitrogen and oxygen atoms in total. The van der Waals surface area contributed by atoms with Crippen LogP contribution in [0.3, 0.4) is 0 Å². The lowest BCUT2D eigenvalue weighted by molar-refractivity contribution is -0.119. The molecule has 1 amide bonds. The van der Waals surface area contributed by atoms with E-state index in [9.17, 15) is 4.79 Å². The molecule has 0 radical (unpaired) electrons. The van der Waals surface area contributed by atoms with E-state index < -0.39 is 0 Å². The van der Waals surface area contributed by atoms with Crippen LogP contribution in [0.5, 0.6) is 0 Å². The van der Waals surface area contributed by atoms with Gasteiger partial charge in [0.25, 0.3) is 0 Å². The molecule has 0 saturated carbocycles. The Morgan fingerprint density at radius 2 is 2.04 bits per heavy atom. The van der Waals surface area contributed by atoms with Gasteiger partial charge in [0.15, 0.2) is 0 Å². The summed E-state index contributed by atoms with van der Waals surface area (Å²) in [6.45, 7) is 4.16. The number of thioether (sulfide) groups is 1. The third kappa shape index (κ3) is 4.93. The maximum atomic E-state index is 12.4. The number of amides is 1. The smallest absolute Gasteiger partial charge is 0.230 e. The van der Waals surface area contributed by atoms with Crippen LogP contribution < -0.4 is 11.1 Å². The zero-order valence-corrected chi connectivity index (χ0v) is 16.3. The minimum atomic E-state index is 0. The van der Waals surface area contributed by atoms with Crippen LogP contribution in [0.4, 0.5) is 5.69 Å². The number of carbonyl (C=O) groups is 1. The fourth-order valence-electron chi connectivity index (χ4n) is 3.23. The molecule has 3 rings (SSSR count). The van der Waals surface area contributed by atoms with E-state index in [4.69, 9.17) is 5.73 Å². The highest BCUT2D eigenvalue weighted by Gasteiger charge is 2.21. The van der Waals surface area contributed by atoms with E-state index in [1.807, 2.05) is 12.1 Å². The summed E-state index contributed by atoms with van der Waals surface area (Å²) >= 11 is 1.61. The topological polar surface area (TPSA) is 55.1 Å². The minimum absolute atomic E-state index is 0. The summed E-state index contributed by atoms with van der Waals surface area (Å²) in [5.41, 5.74) is 11.6. The number of hydrogen-bond donors (Lipinski definition) is 2. The van der Waals surface area contributed by atoms with Crippen LogP contribution in [-0.2, 0) is 11.2 Å². The summed E-state index contributed by atoms with van der Waals surface area (Å²) in [5, 5.41) is 3.20. The van der Waals surface area contributed by atoms with Crippen molar-refractivity contribution in [3.05, 3.63) is 58.7 Å². The molecule has 3 N–H and O–H groups in total. The lowest BCUT2D eigenvalue weighted by atomic mass is 9.87. The average molecular weight is 377 g/mol. The summed E-state index contributed by atoms with van der Waals surface area (Å²) < 4.78 is 0. The van der Waals surface area contributed by atoms with Gasteiger partial charge in [0, 0.05) is 10.6 Å². The van der Waals surface area contributed by atoms with Crippen molar-refractivity contribution in [2.24, 2.45) is 0 Å². The van der Waals surface area contributed by atoms with Gasteiger partial charge in [-0.15, -0.1) is 24.2 Å². The largest absolute Gasteiger partial charge is 0.399 e. The van der Waals surface area contributed by atoms with Crippen LogP contribution in [0.1, 0.15) is 41.1 Å². The minimum Gasteiger partial charge on any atom is -0.399 e. The van der Waals surface area contributed by atoms with Gasteiger partial charge in [-0.25, -0.2) is 0 Å². The van der Waals surface area contributed by atoms with Crippen molar-refractivity contribution in [1.82, 2.24) is 5.32 Å². The highest BCUT2D eigenvalue weighted by molar-refractivity contribution is 8.00. The fourth-order valence-corrected chi connectivity index (χ4v) is 4.16. The average Bonchev–Trinajstić information content (AvgIpc) is 2.55.